The Labute approximate surface area is 128 Å². The lowest BCUT2D eigenvalue weighted by molar-refractivity contribution is 0.102. The van der Waals surface area contributed by atoms with E-state index in [0.717, 1.165) is 18.1 Å². The van der Waals surface area contributed by atoms with Crippen LogP contribution >= 0.6 is 0 Å². The van der Waals surface area contributed by atoms with Crippen LogP contribution in [0.25, 0.3) is 0 Å². The molecule has 0 bridgehead atoms. The van der Waals surface area contributed by atoms with Gasteiger partial charge in [0.1, 0.15) is 18.5 Å². The average molecular weight is 291 g/mol. The number of rotatable bonds is 8. The van der Waals surface area contributed by atoms with Gasteiger partial charge in [0.05, 0.1) is 0 Å². The predicted octanol–water partition coefficient (Wildman–Crippen LogP) is 3.16. The lowest BCUT2D eigenvalue weighted by Gasteiger charge is -2.22. The molecule has 2 N–H and O–H groups in total. The molecule has 118 valence electrons. The molecule has 1 aromatic carbocycles. The molecule has 0 heterocycles. The molecule has 3 heteroatoms. The first-order chi connectivity index (χ1) is 10.2. The number of hydrogen-bond donors (Lipinski definition) is 2. The van der Waals surface area contributed by atoms with Crippen LogP contribution in [0.2, 0.25) is 0 Å². The zero-order valence-electron chi connectivity index (χ0n) is 13.3. The van der Waals surface area contributed by atoms with Gasteiger partial charge in [-0.1, -0.05) is 31.9 Å². The highest BCUT2D eigenvalue weighted by Crippen LogP contribution is 2.27. The van der Waals surface area contributed by atoms with E-state index in [4.69, 9.17) is 4.74 Å². The maximum atomic E-state index is 10.0. The van der Waals surface area contributed by atoms with Crippen molar-refractivity contribution in [3.05, 3.63) is 29.8 Å². The van der Waals surface area contributed by atoms with Crippen LogP contribution in [0.4, 0.5) is 0 Å². The molecule has 1 aliphatic carbocycles. The average Bonchev–Trinajstić information content (AvgIpc) is 3.05. The predicted molar refractivity (Wildman–Crippen MR) is 86.7 cm³/mol. The number of hydrogen-bond acceptors (Lipinski definition) is 3. The van der Waals surface area contributed by atoms with Gasteiger partial charge in [0.25, 0.3) is 0 Å². The fraction of sp³-hybridized carbons (Fsp3) is 0.667. The molecule has 21 heavy (non-hydrogen) atoms. The Morgan fingerprint density at radius 2 is 1.90 bits per heavy atom. The summed E-state index contributed by atoms with van der Waals surface area (Å²) in [6, 6.07) is 8.58. The summed E-state index contributed by atoms with van der Waals surface area (Å²) in [5, 5.41) is 13.5. The molecule has 2 rings (SSSR count). The van der Waals surface area contributed by atoms with Crippen molar-refractivity contribution in [2.75, 3.05) is 13.2 Å². The van der Waals surface area contributed by atoms with Crippen molar-refractivity contribution in [1.29, 1.82) is 0 Å². The minimum absolute atomic E-state index is 0.343. The number of aryl methyl sites for hydroxylation is 1. The van der Waals surface area contributed by atoms with E-state index < -0.39 is 6.10 Å². The largest absolute Gasteiger partial charge is 0.491 e. The van der Waals surface area contributed by atoms with Gasteiger partial charge in [-0.15, -0.1) is 0 Å². The zero-order chi connectivity index (χ0) is 15.1. The minimum atomic E-state index is -0.459. The Kier molecular flexibility index (Phi) is 6.52. The van der Waals surface area contributed by atoms with E-state index >= 15 is 0 Å². The quantitative estimate of drug-likeness (QED) is 0.773. The molecular weight excluding hydrogens is 262 g/mol. The van der Waals surface area contributed by atoms with Crippen molar-refractivity contribution in [2.45, 2.75) is 58.1 Å². The smallest absolute Gasteiger partial charge is 0.119 e. The molecule has 2 atom stereocenters. The van der Waals surface area contributed by atoms with E-state index in [9.17, 15) is 5.11 Å². The Hall–Kier alpha value is -1.06. The Bertz CT molecular complexity index is 398. The van der Waals surface area contributed by atoms with Gasteiger partial charge < -0.3 is 15.2 Å². The van der Waals surface area contributed by atoms with E-state index in [1.165, 1.54) is 31.2 Å². The molecule has 0 radical (unpaired) electrons. The monoisotopic (exact) mass is 291 g/mol. The van der Waals surface area contributed by atoms with Gasteiger partial charge in [0.15, 0.2) is 0 Å². The number of benzene rings is 1. The molecule has 1 aromatic rings. The minimum Gasteiger partial charge on any atom is -0.491 e. The summed E-state index contributed by atoms with van der Waals surface area (Å²) < 4.78 is 5.64. The first-order valence-corrected chi connectivity index (χ1v) is 8.32. The van der Waals surface area contributed by atoms with Gasteiger partial charge in [-0.2, -0.15) is 0 Å². The number of ether oxygens (including phenoxy) is 1. The third kappa shape index (κ3) is 5.33. The second-order valence-corrected chi connectivity index (χ2v) is 6.20. The van der Waals surface area contributed by atoms with Crippen LogP contribution in [0, 0.1) is 5.92 Å². The highest BCUT2D eigenvalue weighted by atomic mass is 16.5. The molecule has 1 fully saturated rings. The summed E-state index contributed by atoms with van der Waals surface area (Å²) in [4.78, 5) is 0. The molecule has 1 saturated carbocycles. The van der Waals surface area contributed by atoms with Gasteiger partial charge in [0.2, 0.25) is 0 Å². The SMILES string of the molecule is CCc1ccc(OCC(O)CN[C@H](C)C2CCCC2)cc1. The molecule has 0 aromatic heterocycles. The highest BCUT2D eigenvalue weighted by molar-refractivity contribution is 5.27. The van der Waals surface area contributed by atoms with Crippen LogP contribution in [0.1, 0.15) is 45.1 Å². The third-order valence-corrected chi connectivity index (χ3v) is 4.56. The molecule has 3 nitrogen and oxygen atoms in total. The topological polar surface area (TPSA) is 41.5 Å². The summed E-state index contributed by atoms with van der Waals surface area (Å²) in [5.41, 5.74) is 1.30. The van der Waals surface area contributed by atoms with E-state index in [2.05, 4.69) is 31.3 Å². The van der Waals surface area contributed by atoms with Crippen LogP contribution < -0.4 is 10.1 Å². The van der Waals surface area contributed by atoms with Crippen molar-refractivity contribution in [1.82, 2.24) is 5.32 Å². The normalized spacial score (nSPS) is 18.6. The summed E-state index contributed by atoms with van der Waals surface area (Å²) in [5.74, 6) is 1.61. The van der Waals surface area contributed by atoms with E-state index in [1.54, 1.807) is 0 Å². The van der Waals surface area contributed by atoms with E-state index in [0.29, 0.717) is 19.2 Å². The van der Waals surface area contributed by atoms with Crippen molar-refractivity contribution in [3.63, 3.8) is 0 Å². The van der Waals surface area contributed by atoms with Gasteiger partial charge in [-0.3, -0.25) is 0 Å². The molecular formula is C18H29NO2. The maximum Gasteiger partial charge on any atom is 0.119 e. The van der Waals surface area contributed by atoms with Crippen LogP contribution in [0.15, 0.2) is 24.3 Å². The van der Waals surface area contributed by atoms with Crippen molar-refractivity contribution < 1.29 is 9.84 Å². The highest BCUT2D eigenvalue weighted by Gasteiger charge is 2.21. The maximum absolute atomic E-state index is 10.0. The fourth-order valence-corrected chi connectivity index (χ4v) is 3.02. The van der Waals surface area contributed by atoms with Crippen molar-refractivity contribution >= 4 is 0 Å². The van der Waals surface area contributed by atoms with Gasteiger partial charge in [-0.05, 0) is 49.8 Å². The first kappa shape index (κ1) is 16.3. The summed E-state index contributed by atoms with van der Waals surface area (Å²) in [6.45, 7) is 5.31. The van der Waals surface area contributed by atoms with Gasteiger partial charge >= 0.3 is 0 Å². The fourth-order valence-electron chi connectivity index (χ4n) is 3.02. The van der Waals surface area contributed by atoms with Crippen LogP contribution in [0.3, 0.4) is 0 Å². The van der Waals surface area contributed by atoms with E-state index in [-0.39, 0.29) is 0 Å². The lowest BCUT2D eigenvalue weighted by Crippen LogP contribution is -2.39. The second-order valence-electron chi connectivity index (χ2n) is 6.20. The van der Waals surface area contributed by atoms with Gasteiger partial charge in [-0.25, -0.2) is 0 Å². The van der Waals surface area contributed by atoms with Crippen LogP contribution in [0.5, 0.6) is 5.75 Å². The number of aliphatic hydroxyl groups is 1. The summed E-state index contributed by atoms with van der Waals surface area (Å²) >= 11 is 0. The molecule has 0 amide bonds. The standard InChI is InChI=1S/C18H29NO2/c1-3-15-8-10-18(11-9-15)21-13-17(20)12-19-14(2)16-6-4-5-7-16/h8-11,14,16-17,19-20H,3-7,12-13H2,1-2H3/t14-,17?/m1/s1. The Balaban J connectivity index is 1.65. The molecule has 0 saturated heterocycles. The number of aliphatic hydroxyl groups excluding tert-OH is 1. The lowest BCUT2D eigenvalue weighted by atomic mass is 10.00. The summed E-state index contributed by atoms with van der Waals surface area (Å²) in [6.07, 6.45) is 5.94. The molecule has 0 aliphatic heterocycles. The summed E-state index contributed by atoms with van der Waals surface area (Å²) in [7, 11) is 0. The molecule has 1 unspecified atom stereocenters. The Morgan fingerprint density at radius 1 is 1.24 bits per heavy atom. The van der Waals surface area contributed by atoms with Crippen LogP contribution in [-0.2, 0) is 6.42 Å². The van der Waals surface area contributed by atoms with Crippen molar-refractivity contribution in [3.8, 4) is 5.75 Å². The zero-order valence-corrected chi connectivity index (χ0v) is 13.3. The Morgan fingerprint density at radius 3 is 2.52 bits per heavy atom. The van der Waals surface area contributed by atoms with E-state index in [1.807, 2.05) is 12.1 Å². The number of nitrogens with one attached hydrogen (secondary N) is 1. The molecule has 1 aliphatic rings. The van der Waals surface area contributed by atoms with Gasteiger partial charge in [0, 0.05) is 12.6 Å². The van der Waals surface area contributed by atoms with Crippen LogP contribution in [-0.4, -0.2) is 30.4 Å². The van der Waals surface area contributed by atoms with Crippen molar-refractivity contribution in [2.24, 2.45) is 5.92 Å². The second kappa shape index (κ2) is 8.40. The third-order valence-electron chi connectivity index (χ3n) is 4.56. The molecule has 0 spiro atoms. The first-order valence-electron chi connectivity index (χ1n) is 8.32.